The van der Waals surface area contributed by atoms with E-state index in [2.05, 4.69) is 28.7 Å². The van der Waals surface area contributed by atoms with Crippen LogP contribution in [0.5, 0.6) is 5.75 Å². The van der Waals surface area contributed by atoms with Gasteiger partial charge >= 0.3 is 5.97 Å². The van der Waals surface area contributed by atoms with E-state index in [-0.39, 0.29) is 5.97 Å². The van der Waals surface area contributed by atoms with Gasteiger partial charge in [0.15, 0.2) is 6.10 Å². The summed E-state index contributed by atoms with van der Waals surface area (Å²) < 4.78 is 12.3. The normalized spacial score (nSPS) is 18.8. The van der Waals surface area contributed by atoms with E-state index in [9.17, 15) is 4.79 Å². The summed E-state index contributed by atoms with van der Waals surface area (Å²) in [5, 5.41) is 0. The van der Waals surface area contributed by atoms with Crippen LogP contribution in [-0.4, -0.2) is 17.7 Å². The van der Waals surface area contributed by atoms with Crippen LogP contribution in [0.15, 0.2) is 18.2 Å². The van der Waals surface area contributed by atoms with Crippen LogP contribution in [0.1, 0.15) is 32.8 Å². The van der Waals surface area contributed by atoms with Crippen molar-refractivity contribution in [2.75, 3.05) is 0 Å². The van der Waals surface area contributed by atoms with Crippen molar-refractivity contribution in [1.82, 2.24) is 0 Å². The summed E-state index contributed by atoms with van der Waals surface area (Å²) in [6, 6.07) is 6.01. The molecule has 0 saturated heterocycles. The lowest BCUT2D eigenvalue weighted by atomic mass is 10.0. The van der Waals surface area contributed by atoms with Gasteiger partial charge in [0, 0.05) is 3.57 Å². The minimum atomic E-state index is -0.475. The molecule has 0 amide bonds. The standard InChI is InChI=1S/C14H17IO3/c1-14(2,3)18-13(16)12-6-4-9-8-10(15)5-7-11(9)17-12/h5,7-8,12H,4,6H2,1-3H3/t12-/m1/s1. The van der Waals surface area contributed by atoms with E-state index in [1.54, 1.807) is 0 Å². The van der Waals surface area contributed by atoms with E-state index in [1.807, 2.05) is 32.9 Å². The van der Waals surface area contributed by atoms with E-state index >= 15 is 0 Å². The third-order valence-corrected chi connectivity index (χ3v) is 3.31. The molecule has 98 valence electrons. The first-order chi connectivity index (χ1) is 8.35. The highest BCUT2D eigenvalue weighted by Crippen LogP contribution is 2.29. The van der Waals surface area contributed by atoms with E-state index in [0.717, 1.165) is 12.2 Å². The topological polar surface area (TPSA) is 35.5 Å². The van der Waals surface area contributed by atoms with Crippen molar-refractivity contribution < 1.29 is 14.3 Å². The minimum Gasteiger partial charge on any atom is -0.478 e. The van der Waals surface area contributed by atoms with Gasteiger partial charge in [-0.25, -0.2) is 4.79 Å². The summed E-state index contributed by atoms with van der Waals surface area (Å²) >= 11 is 2.28. The molecule has 0 spiro atoms. The molecule has 0 radical (unpaired) electrons. The lowest BCUT2D eigenvalue weighted by molar-refractivity contribution is -0.164. The highest BCUT2D eigenvalue weighted by molar-refractivity contribution is 14.1. The van der Waals surface area contributed by atoms with Gasteiger partial charge in [0.1, 0.15) is 11.4 Å². The number of hydrogen-bond donors (Lipinski definition) is 0. The van der Waals surface area contributed by atoms with E-state index in [1.165, 1.54) is 9.13 Å². The zero-order chi connectivity index (χ0) is 13.3. The second kappa shape index (κ2) is 5.07. The van der Waals surface area contributed by atoms with Gasteiger partial charge in [-0.2, -0.15) is 0 Å². The largest absolute Gasteiger partial charge is 0.478 e. The highest BCUT2D eigenvalue weighted by Gasteiger charge is 2.30. The zero-order valence-corrected chi connectivity index (χ0v) is 13.0. The molecule has 1 aliphatic heterocycles. The summed E-state index contributed by atoms with van der Waals surface area (Å²) in [6.07, 6.45) is 1.06. The molecule has 1 aromatic carbocycles. The van der Waals surface area contributed by atoms with Gasteiger partial charge in [0.25, 0.3) is 0 Å². The molecule has 18 heavy (non-hydrogen) atoms. The maximum absolute atomic E-state index is 11.9. The predicted octanol–water partition coefficient (Wildman–Crippen LogP) is 3.33. The number of aryl methyl sites for hydroxylation is 1. The third-order valence-electron chi connectivity index (χ3n) is 2.64. The Morgan fingerprint density at radius 3 is 2.83 bits per heavy atom. The number of fused-ring (bicyclic) bond motifs is 1. The zero-order valence-electron chi connectivity index (χ0n) is 10.8. The lowest BCUT2D eigenvalue weighted by Crippen LogP contribution is -2.37. The predicted molar refractivity (Wildman–Crippen MR) is 77.7 cm³/mol. The van der Waals surface area contributed by atoms with Crippen molar-refractivity contribution in [1.29, 1.82) is 0 Å². The number of hydrogen-bond acceptors (Lipinski definition) is 3. The Balaban J connectivity index is 2.08. The van der Waals surface area contributed by atoms with Gasteiger partial charge in [0.2, 0.25) is 0 Å². The van der Waals surface area contributed by atoms with Crippen molar-refractivity contribution in [3.63, 3.8) is 0 Å². The molecule has 1 aromatic rings. The number of ether oxygens (including phenoxy) is 2. The van der Waals surface area contributed by atoms with Gasteiger partial charge in [-0.15, -0.1) is 0 Å². The average molecular weight is 360 g/mol. The first-order valence-corrected chi connectivity index (χ1v) is 7.11. The fourth-order valence-corrected chi connectivity index (χ4v) is 2.45. The Bertz CT molecular complexity index is 463. The van der Waals surface area contributed by atoms with Crippen LogP contribution in [0.2, 0.25) is 0 Å². The summed E-state index contributed by atoms with van der Waals surface area (Å²) in [4.78, 5) is 11.9. The third kappa shape index (κ3) is 3.37. The molecule has 1 aliphatic rings. The molecular weight excluding hydrogens is 343 g/mol. The molecule has 0 saturated carbocycles. The number of carbonyl (C=O) groups is 1. The molecule has 2 rings (SSSR count). The number of rotatable bonds is 1. The second-order valence-electron chi connectivity index (χ2n) is 5.43. The van der Waals surface area contributed by atoms with Crippen molar-refractivity contribution in [3.8, 4) is 5.75 Å². The summed E-state index contributed by atoms with van der Waals surface area (Å²) in [7, 11) is 0. The Kier molecular flexibility index (Phi) is 3.84. The molecule has 1 atom stereocenters. The number of benzene rings is 1. The molecule has 0 N–H and O–H groups in total. The lowest BCUT2D eigenvalue weighted by Gasteiger charge is -2.28. The highest BCUT2D eigenvalue weighted by atomic mass is 127. The van der Waals surface area contributed by atoms with Crippen LogP contribution in [0.3, 0.4) is 0 Å². The quantitative estimate of drug-likeness (QED) is 0.569. The molecule has 3 nitrogen and oxygen atoms in total. The van der Waals surface area contributed by atoms with E-state index < -0.39 is 11.7 Å². The van der Waals surface area contributed by atoms with Crippen molar-refractivity contribution >= 4 is 28.6 Å². The van der Waals surface area contributed by atoms with Gasteiger partial charge < -0.3 is 9.47 Å². The van der Waals surface area contributed by atoms with Crippen LogP contribution in [-0.2, 0) is 16.0 Å². The summed E-state index contributed by atoms with van der Waals surface area (Å²) in [6.45, 7) is 5.60. The fraction of sp³-hybridized carbons (Fsp3) is 0.500. The summed E-state index contributed by atoms with van der Waals surface area (Å²) in [5.74, 6) is 0.532. The smallest absolute Gasteiger partial charge is 0.347 e. The Hall–Kier alpha value is -0.780. The maximum Gasteiger partial charge on any atom is 0.347 e. The van der Waals surface area contributed by atoms with Gasteiger partial charge in [-0.1, -0.05) is 0 Å². The monoisotopic (exact) mass is 360 g/mol. The molecular formula is C14H17IO3. The van der Waals surface area contributed by atoms with Crippen LogP contribution in [0.25, 0.3) is 0 Å². The Labute approximate surface area is 121 Å². The number of halogens is 1. The van der Waals surface area contributed by atoms with Crippen LogP contribution >= 0.6 is 22.6 Å². The first-order valence-electron chi connectivity index (χ1n) is 6.03. The SMILES string of the molecule is CC(C)(C)OC(=O)[C@H]1CCc2cc(I)ccc2O1. The molecule has 0 bridgehead atoms. The molecule has 1 heterocycles. The molecule has 4 heteroatoms. The van der Waals surface area contributed by atoms with Gasteiger partial charge in [-0.3, -0.25) is 0 Å². The molecule has 0 unspecified atom stereocenters. The Morgan fingerprint density at radius 1 is 1.44 bits per heavy atom. The average Bonchev–Trinajstić information content (AvgIpc) is 2.26. The Morgan fingerprint density at radius 2 is 2.17 bits per heavy atom. The van der Waals surface area contributed by atoms with Crippen LogP contribution in [0, 0.1) is 3.57 Å². The van der Waals surface area contributed by atoms with Crippen LogP contribution < -0.4 is 4.74 Å². The van der Waals surface area contributed by atoms with E-state index in [0.29, 0.717) is 6.42 Å². The summed E-state index contributed by atoms with van der Waals surface area (Å²) in [5.41, 5.74) is 0.703. The fourth-order valence-electron chi connectivity index (χ4n) is 1.89. The second-order valence-corrected chi connectivity index (χ2v) is 6.68. The number of carbonyl (C=O) groups excluding carboxylic acids is 1. The molecule has 0 fully saturated rings. The molecule has 0 aliphatic carbocycles. The van der Waals surface area contributed by atoms with Crippen LogP contribution in [0.4, 0.5) is 0 Å². The van der Waals surface area contributed by atoms with Crippen molar-refractivity contribution in [2.24, 2.45) is 0 Å². The van der Waals surface area contributed by atoms with Crippen molar-refractivity contribution in [3.05, 3.63) is 27.3 Å². The number of esters is 1. The van der Waals surface area contributed by atoms with E-state index in [4.69, 9.17) is 9.47 Å². The minimum absolute atomic E-state index is 0.272. The molecule has 0 aromatic heterocycles. The maximum atomic E-state index is 11.9. The van der Waals surface area contributed by atoms with Crippen molar-refractivity contribution in [2.45, 2.75) is 45.3 Å². The van der Waals surface area contributed by atoms with Gasteiger partial charge in [-0.05, 0) is 80.0 Å². The first kappa shape index (κ1) is 13.6. The van der Waals surface area contributed by atoms with Gasteiger partial charge in [0.05, 0.1) is 0 Å².